The van der Waals surface area contributed by atoms with Gasteiger partial charge in [0.1, 0.15) is 5.75 Å². The zero-order valence-corrected chi connectivity index (χ0v) is 11.6. The van der Waals surface area contributed by atoms with Crippen molar-refractivity contribution in [3.63, 3.8) is 0 Å². The molecule has 0 fully saturated rings. The van der Waals surface area contributed by atoms with Gasteiger partial charge in [0.05, 0.1) is 24.7 Å². The van der Waals surface area contributed by atoms with Crippen LogP contribution in [-0.4, -0.2) is 22.8 Å². The van der Waals surface area contributed by atoms with E-state index in [2.05, 4.69) is 10.4 Å². The number of nitrogens with one attached hydrogen (secondary N) is 1. The van der Waals surface area contributed by atoms with Crippen LogP contribution in [0.3, 0.4) is 0 Å². The van der Waals surface area contributed by atoms with Gasteiger partial charge in [0, 0.05) is 25.7 Å². The molecular formula is C14H18N4O2. The Hall–Kier alpha value is -2.50. The second-order valence-electron chi connectivity index (χ2n) is 4.52. The Morgan fingerprint density at radius 3 is 2.95 bits per heavy atom. The molecule has 3 N–H and O–H groups in total. The highest BCUT2D eigenvalue weighted by Gasteiger charge is 2.07. The van der Waals surface area contributed by atoms with E-state index in [4.69, 9.17) is 10.5 Å². The van der Waals surface area contributed by atoms with Crippen LogP contribution >= 0.6 is 0 Å². The summed E-state index contributed by atoms with van der Waals surface area (Å²) >= 11 is 0. The number of carbonyl (C=O) groups excluding carboxylic acids is 1. The fraction of sp³-hybridized carbons (Fsp3) is 0.286. The third-order valence-corrected chi connectivity index (χ3v) is 2.93. The van der Waals surface area contributed by atoms with Crippen LogP contribution in [0.2, 0.25) is 0 Å². The van der Waals surface area contributed by atoms with Crippen molar-refractivity contribution in [2.24, 2.45) is 7.05 Å². The third kappa shape index (κ3) is 3.50. The second-order valence-corrected chi connectivity index (χ2v) is 4.52. The van der Waals surface area contributed by atoms with Crippen LogP contribution in [0.1, 0.15) is 12.0 Å². The van der Waals surface area contributed by atoms with Crippen molar-refractivity contribution in [3.8, 4) is 5.75 Å². The van der Waals surface area contributed by atoms with E-state index in [0.717, 1.165) is 5.56 Å². The molecule has 2 rings (SSSR count). The molecule has 0 saturated carbocycles. The van der Waals surface area contributed by atoms with Crippen LogP contribution in [0.5, 0.6) is 5.75 Å². The molecule has 0 unspecified atom stereocenters. The second kappa shape index (κ2) is 6.10. The van der Waals surface area contributed by atoms with Crippen molar-refractivity contribution < 1.29 is 9.53 Å². The lowest BCUT2D eigenvalue weighted by Crippen LogP contribution is -2.13. The number of carbonyl (C=O) groups is 1. The van der Waals surface area contributed by atoms with E-state index < -0.39 is 0 Å². The molecule has 2 aromatic rings. The number of rotatable bonds is 5. The first-order valence-electron chi connectivity index (χ1n) is 6.29. The number of hydrogen-bond acceptors (Lipinski definition) is 4. The Balaban J connectivity index is 1.94. The number of ether oxygens (including phenoxy) is 1. The first-order valence-corrected chi connectivity index (χ1v) is 6.29. The summed E-state index contributed by atoms with van der Waals surface area (Å²) in [4.78, 5) is 11.9. The molecule has 0 aliphatic heterocycles. The Labute approximate surface area is 117 Å². The summed E-state index contributed by atoms with van der Waals surface area (Å²) in [5.41, 5.74) is 7.93. The molecular weight excluding hydrogens is 256 g/mol. The molecule has 0 radical (unpaired) electrons. The number of nitrogen functional groups attached to an aromatic ring is 1. The number of nitrogens with two attached hydrogens (primary N) is 1. The van der Waals surface area contributed by atoms with Gasteiger partial charge < -0.3 is 15.8 Å². The summed E-state index contributed by atoms with van der Waals surface area (Å²) < 4.78 is 6.82. The van der Waals surface area contributed by atoms with Crippen molar-refractivity contribution in [2.45, 2.75) is 12.8 Å². The number of amides is 1. The summed E-state index contributed by atoms with van der Waals surface area (Å²) in [6.45, 7) is 0. The lowest BCUT2D eigenvalue weighted by molar-refractivity contribution is -0.116. The van der Waals surface area contributed by atoms with Crippen molar-refractivity contribution >= 4 is 17.3 Å². The number of aryl methyl sites for hydroxylation is 2. The van der Waals surface area contributed by atoms with Gasteiger partial charge in [-0.15, -0.1) is 0 Å². The van der Waals surface area contributed by atoms with Gasteiger partial charge in [-0.05, 0) is 24.1 Å². The molecule has 0 saturated heterocycles. The maximum atomic E-state index is 11.9. The maximum absolute atomic E-state index is 11.9. The van der Waals surface area contributed by atoms with Crippen LogP contribution in [0.4, 0.5) is 11.4 Å². The molecule has 0 bridgehead atoms. The minimum absolute atomic E-state index is 0.0891. The molecule has 6 heteroatoms. The van der Waals surface area contributed by atoms with Gasteiger partial charge >= 0.3 is 0 Å². The molecule has 106 valence electrons. The fourth-order valence-electron chi connectivity index (χ4n) is 1.84. The Kier molecular flexibility index (Phi) is 4.24. The largest absolute Gasteiger partial charge is 0.497 e. The maximum Gasteiger partial charge on any atom is 0.224 e. The quantitative estimate of drug-likeness (QED) is 0.811. The van der Waals surface area contributed by atoms with Crippen molar-refractivity contribution in [2.75, 3.05) is 18.2 Å². The average Bonchev–Trinajstić information content (AvgIpc) is 2.85. The molecule has 0 aliphatic carbocycles. The number of benzene rings is 1. The van der Waals surface area contributed by atoms with Gasteiger partial charge in [0.25, 0.3) is 0 Å². The lowest BCUT2D eigenvalue weighted by Gasteiger charge is -2.09. The number of hydrogen-bond donors (Lipinski definition) is 2. The molecule has 1 aromatic carbocycles. The van der Waals surface area contributed by atoms with E-state index in [1.165, 1.54) is 0 Å². The minimum atomic E-state index is -0.0891. The number of aromatic nitrogens is 2. The molecule has 20 heavy (non-hydrogen) atoms. The van der Waals surface area contributed by atoms with Gasteiger partial charge in [-0.25, -0.2) is 0 Å². The van der Waals surface area contributed by atoms with Gasteiger partial charge in [0.2, 0.25) is 5.91 Å². The Morgan fingerprint density at radius 2 is 2.30 bits per heavy atom. The fourth-order valence-corrected chi connectivity index (χ4v) is 1.84. The van der Waals surface area contributed by atoms with E-state index in [-0.39, 0.29) is 5.91 Å². The summed E-state index contributed by atoms with van der Waals surface area (Å²) in [5, 5.41) is 6.85. The highest BCUT2D eigenvalue weighted by atomic mass is 16.5. The molecule has 1 amide bonds. The number of anilines is 2. The van der Waals surface area contributed by atoms with Crippen molar-refractivity contribution in [1.29, 1.82) is 0 Å². The van der Waals surface area contributed by atoms with Gasteiger partial charge in [0.15, 0.2) is 0 Å². The van der Waals surface area contributed by atoms with Crippen LogP contribution < -0.4 is 15.8 Å². The van der Waals surface area contributed by atoms with Gasteiger partial charge in [-0.3, -0.25) is 9.48 Å². The summed E-state index contributed by atoms with van der Waals surface area (Å²) in [6.07, 6.45) is 4.67. The molecule has 0 atom stereocenters. The average molecular weight is 274 g/mol. The zero-order chi connectivity index (χ0) is 14.5. The van der Waals surface area contributed by atoms with E-state index in [0.29, 0.717) is 30.0 Å². The van der Waals surface area contributed by atoms with Gasteiger partial charge in [-0.1, -0.05) is 0 Å². The summed E-state index contributed by atoms with van der Waals surface area (Å²) in [7, 11) is 3.42. The standard InChI is InChI=1S/C14H18N4O2/c1-18-9-10(8-16-18)3-6-14(19)17-13-7-11(20-2)4-5-12(13)15/h4-5,7-9H,3,6,15H2,1-2H3,(H,17,19). The summed E-state index contributed by atoms with van der Waals surface area (Å²) in [5.74, 6) is 0.565. The van der Waals surface area contributed by atoms with E-state index in [9.17, 15) is 4.79 Å². The normalized spacial score (nSPS) is 10.3. The SMILES string of the molecule is COc1ccc(N)c(NC(=O)CCc2cnn(C)c2)c1. The molecule has 0 aliphatic rings. The molecule has 6 nitrogen and oxygen atoms in total. The summed E-state index contributed by atoms with van der Waals surface area (Å²) in [6, 6.07) is 5.16. The van der Waals surface area contributed by atoms with Crippen molar-refractivity contribution in [3.05, 3.63) is 36.2 Å². The van der Waals surface area contributed by atoms with Crippen molar-refractivity contribution in [1.82, 2.24) is 9.78 Å². The predicted octanol–water partition coefficient (Wildman–Crippen LogP) is 1.58. The van der Waals surface area contributed by atoms with Crippen LogP contribution in [-0.2, 0) is 18.3 Å². The highest BCUT2D eigenvalue weighted by Crippen LogP contribution is 2.24. The Bertz CT molecular complexity index is 607. The van der Waals surface area contributed by atoms with Gasteiger partial charge in [-0.2, -0.15) is 5.10 Å². The first-order chi connectivity index (χ1) is 9.58. The molecule has 1 heterocycles. The van der Waals surface area contributed by atoms with E-state index in [1.807, 2.05) is 13.2 Å². The molecule has 0 spiro atoms. The third-order valence-electron chi connectivity index (χ3n) is 2.93. The van der Waals surface area contributed by atoms with E-state index in [1.54, 1.807) is 36.2 Å². The lowest BCUT2D eigenvalue weighted by atomic mass is 10.2. The zero-order valence-electron chi connectivity index (χ0n) is 11.6. The number of methoxy groups -OCH3 is 1. The number of nitrogens with zero attached hydrogens (tertiary/aromatic N) is 2. The highest BCUT2D eigenvalue weighted by molar-refractivity contribution is 5.94. The Morgan fingerprint density at radius 1 is 1.50 bits per heavy atom. The minimum Gasteiger partial charge on any atom is -0.497 e. The topological polar surface area (TPSA) is 82.2 Å². The van der Waals surface area contributed by atoms with Crippen LogP contribution in [0.15, 0.2) is 30.6 Å². The van der Waals surface area contributed by atoms with Crippen LogP contribution in [0, 0.1) is 0 Å². The first kappa shape index (κ1) is 13.9. The predicted molar refractivity (Wildman–Crippen MR) is 77.6 cm³/mol. The van der Waals surface area contributed by atoms with Crippen LogP contribution in [0.25, 0.3) is 0 Å². The monoisotopic (exact) mass is 274 g/mol. The smallest absolute Gasteiger partial charge is 0.224 e. The molecule has 1 aromatic heterocycles. The van der Waals surface area contributed by atoms with E-state index >= 15 is 0 Å².